The van der Waals surface area contributed by atoms with Gasteiger partial charge < -0.3 is 33.8 Å². The van der Waals surface area contributed by atoms with Crippen LogP contribution in [0, 0.1) is 0 Å². The van der Waals surface area contributed by atoms with E-state index in [1.54, 1.807) is 0 Å². The van der Waals surface area contributed by atoms with Crippen LogP contribution in [0.1, 0.15) is 272 Å². The molecule has 5 atom stereocenters. The highest BCUT2D eigenvalue weighted by Crippen LogP contribution is 2.45. The Hall–Kier alpha value is -4.28. The number of allylic oxidation sites excluding steroid dienone is 18. The number of ether oxygens (including phenoxy) is 4. The second kappa shape index (κ2) is 65.4. The SMILES string of the molecule is CC/C=C\C/C=C\C/C=C\C/C=C\CCCCC(=O)OCC(COP(=O)(O)OCC(O)COP(=O)(O)OCC(COC(=O)CCCCCCC/C=C\C/C=C\CCC)OC(=O)CCCCCCC/C=C\CCCC)OC(=O)CCCCCCC/C=C\C/C=C\CCC. The van der Waals surface area contributed by atoms with E-state index in [1.165, 1.54) is 12.8 Å². The maximum Gasteiger partial charge on any atom is 0.472 e. The Morgan fingerprint density at radius 2 is 0.587 bits per heavy atom. The van der Waals surface area contributed by atoms with Gasteiger partial charge in [0.1, 0.15) is 19.3 Å². The quantitative estimate of drug-likeness (QED) is 0.0169. The fraction of sp³-hybridized carbons (Fsp3) is 0.699. The lowest BCUT2D eigenvalue weighted by atomic mass is 10.1. The fourth-order valence-electron chi connectivity index (χ4n) is 8.79. The summed E-state index contributed by atoms with van der Waals surface area (Å²) >= 11 is 0. The van der Waals surface area contributed by atoms with Crippen LogP contribution in [0.5, 0.6) is 0 Å². The summed E-state index contributed by atoms with van der Waals surface area (Å²) in [6.07, 6.45) is 66.8. The maximum atomic E-state index is 13.0. The molecule has 17 nitrogen and oxygen atoms in total. The summed E-state index contributed by atoms with van der Waals surface area (Å²) in [4.78, 5) is 72.5. The number of carbonyl (C=O) groups excluding carboxylic acids is 4. The lowest BCUT2D eigenvalue weighted by Crippen LogP contribution is -2.30. The Kier molecular flexibility index (Phi) is 62.3. The first-order valence-electron chi connectivity index (χ1n) is 35.1. The van der Waals surface area contributed by atoms with Crippen LogP contribution >= 0.6 is 15.6 Å². The number of phosphoric ester groups is 2. The van der Waals surface area contributed by atoms with Crippen LogP contribution in [-0.2, 0) is 65.4 Å². The van der Waals surface area contributed by atoms with Crippen molar-refractivity contribution in [3.63, 3.8) is 0 Å². The number of unbranched alkanes of at least 4 members (excludes halogenated alkanes) is 21. The minimum absolute atomic E-state index is 0.0675. The summed E-state index contributed by atoms with van der Waals surface area (Å²) in [6, 6.07) is 0. The first-order valence-corrected chi connectivity index (χ1v) is 38.1. The lowest BCUT2D eigenvalue weighted by Gasteiger charge is -2.21. The van der Waals surface area contributed by atoms with Crippen molar-refractivity contribution in [2.24, 2.45) is 0 Å². The highest BCUT2D eigenvalue weighted by Gasteiger charge is 2.30. The van der Waals surface area contributed by atoms with Crippen LogP contribution in [0.15, 0.2) is 109 Å². The van der Waals surface area contributed by atoms with Crippen LogP contribution in [0.25, 0.3) is 0 Å². The van der Waals surface area contributed by atoms with Crippen molar-refractivity contribution in [2.45, 2.75) is 290 Å². The molecule has 0 spiro atoms. The Balaban J connectivity index is 5.38. The Bertz CT molecular complexity index is 2180. The second-order valence-corrected chi connectivity index (χ2v) is 26.0. The highest BCUT2D eigenvalue weighted by atomic mass is 31.2. The summed E-state index contributed by atoms with van der Waals surface area (Å²) in [5.41, 5.74) is 0. The monoisotopic (exact) mass is 1330 g/mol. The molecule has 3 N–H and O–H groups in total. The summed E-state index contributed by atoms with van der Waals surface area (Å²) < 4.78 is 68.1. The van der Waals surface area contributed by atoms with E-state index >= 15 is 0 Å². The van der Waals surface area contributed by atoms with Gasteiger partial charge in [0.05, 0.1) is 26.4 Å². The molecule has 5 unspecified atom stereocenters. The van der Waals surface area contributed by atoms with Crippen LogP contribution in [0.3, 0.4) is 0 Å². The molecule has 19 heteroatoms. The Morgan fingerprint density at radius 3 is 0.946 bits per heavy atom. The minimum Gasteiger partial charge on any atom is -0.462 e. The van der Waals surface area contributed by atoms with Gasteiger partial charge in [-0.3, -0.25) is 37.3 Å². The molecule has 0 aliphatic rings. The fourth-order valence-corrected chi connectivity index (χ4v) is 10.4. The van der Waals surface area contributed by atoms with Gasteiger partial charge >= 0.3 is 39.5 Å². The van der Waals surface area contributed by atoms with Crippen LogP contribution in [0.2, 0.25) is 0 Å². The molecule has 528 valence electrons. The molecule has 0 aliphatic carbocycles. The average molecular weight is 1340 g/mol. The van der Waals surface area contributed by atoms with Crippen LogP contribution in [0.4, 0.5) is 0 Å². The van der Waals surface area contributed by atoms with E-state index in [0.717, 1.165) is 180 Å². The molecule has 0 aliphatic heterocycles. The summed E-state index contributed by atoms with van der Waals surface area (Å²) in [6.45, 7) is 4.47. The third-order valence-electron chi connectivity index (χ3n) is 14.2. The number of carbonyl (C=O) groups is 4. The standard InChI is InChI=1S/C73H124O17P2/c1-5-9-13-17-21-25-29-32-33-36-39-42-46-50-54-58-71(76)84-64-69(90-73(78)60-56-52-48-44-40-35-31-27-23-19-15-11-7-3)66-88-92(81,82)86-62-67(74)61-85-91(79,80)87-65-68(89-72(77)59-55-51-47-43-37-28-24-20-16-12-8-4)63-83-70(75)57-53-49-45-41-38-34-30-26-22-18-14-10-6-2/h9,13-15,18-21,24-27,30-33,39,42,67-69,74H,5-8,10-12,16-17,22-23,28-29,34-38,40-41,43-66H2,1-4H3,(H,79,80)(H,81,82)/b13-9-,18-14-,19-15-,24-20-,25-21-,30-26-,31-27-,33-32-,42-39-. The van der Waals surface area contributed by atoms with E-state index in [2.05, 4.69) is 137 Å². The van der Waals surface area contributed by atoms with Gasteiger partial charge in [0.15, 0.2) is 12.2 Å². The third-order valence-corrected chi connectivity index (χ3v) is 16.1. The first kappa shape index (κ1) is 87.7. The Morgan fingerprint density at radius 1 is 0.315 bits per heavy atom. The van der Waals surface area contributed by atoms with Gasteiger partial charge in [-0.05, 0) is 135 Å². The molecule has 0 fully saturated rings. The Labute approximate surface area is 556 Å². The van der Waals surface area contributed by atoms with Crippen molar-refractivity contribution < 1.29 is 80.2 Å². The zero-order valence-corrected chi connectivity index (χ0v) is 59.0. The van der Waals surface area contributed by atoms with Crippen molar-refractivity contribution in [3.8, 4) is 0 Å². The van der Waals surface area contributed by atoms with E-state index in [-0.39, 0.29) is 25.7 Å². The minimum atomic E-state index is -4.98. The van der Waals surface area contributed by atoms with Gasteiger partial charge in [0, 0.05) is 25.7 Å². The molecule has 0 bridgehead atoms. The van der Waals surface area contributed by atoms with Crippen LogP contribution < -0.4 is 0 Å². The average Bonchev–Trinajstić information content (AvgIpc) is 2.73. The molecule has 0 aromatic rings. The predicted octanol–water partition coefficient (Wildman–Crippen LogP) is 19.4. The van der Waals surface area contributed by atoms with Gasteiger partial charge in [0.2, 0.25) is 0 Å². The number of esters is 4. The summed E-state index contributed by atoms with van der Waals surface area (Å²) in [7, 11) is -9.96. The van der Waals surface area contributed by atoms with Crippen molar-refractivity contribution in [1.29, 1.82) is 0 Å². The zero-order chi connectivity index (χ0) is 67.5. The third kappa shape index (κ3) is 64.4. The highest BCUT2D eigenvalue weighted by molar-refractivity contribution is 7.47. The number of hydrogen-bond acceptors (Lipinski definition) is 15. The first-order chi connectivity index (χ1) is 44.7. The number of aliphatic hydroxyl groups excluding tert-OH is 1. The molecule has 0 saturated carbocycles. The van der Waals surface area contributed by atoms with Gasteiger partial charge in [0.25, 0.3) is 0 Å². The van der Waals surface area contributed by atoms with Crippen molar-refractivity contribution in [2.75, 3.05) is 39.6 Å². The van der Waals surface area contributed by atoms with E-state index in [4.69, 9.17) is 37.0 Å². The van der Waals surface area contributed by atoms with E-state index in [0.29, 0.717) is 25.7 Å². The zero-order valence-electron chi connectivity index (χ0n) is 57.2. The van der Waals surface area contributed by atoms with Gasteiger partial charge in [-0.15, -0.1) is 0 Å². The number of hydrogen-bond donors (Lipinski definition) is 3. The molecular weight excluding hydrogens is 1210 g/mol. The molecule has 0 radical (unpaired) electrons. The lowest BCUT2D eigenvalue weighted by molar-refractivity contribution is -0.161. The number of rotatable bonds is 65. The molecule has 0 aromatic heterocycles. The molecular formula is C73H124O17P2. The molecule has 0 rings (SSSR count). The molecule has 0 aromatic carbocycles. The molecule has 0 heterocycles. The van der Waals surface area contributed by atoms with E-state index < -0.39 is 97.5 Å². The number of aliphatic hydroxyl groups is 1. The summed E-state index contributed by atoms with van der Waals surface area (Å²) in [5, 5.41) is 10.6. The number of phosphoric acid groups is 2. The normalized spacial score (nSPS) is 14.7. The van der Waals surface area contributed by atoms with Gasteiger partial charge in [-0.2, -0.15) is 0 Å². The van der Waals surface area contributed by atoms with Gasteiger partial charge in [-0.1, -0.05) is 221 Å². The van der Waals surface area contributed by atoms with E-state index in [9.17, 15) is 43.2 Å². The molecule has 92 heavy (non-hydrogen) atoms. The molecule has 0 amide bonds. The predicted molar refractivity (Wildman–Crippen MR) is 372 cm³/mol. The van der Waals surface area contributed by atoms with E-state index in [1.807, 2.05) is 0 Å². The van der Waals surface area contributed by atoms with Crippen LogP contribution in [-0.4, -0.2) is 96.7 Å². The van der Waals surface area contributed by atoms with Crippen molar-refractivity contribution in [3.05, 3.63) is 109 Å². The largest absolute Gasteiger partial charge is 0.472 e. The van der Waals surface area contributed by atoms with Crippen molar-refractivity contribution >= 4 is 39.5 Å². The summed E-state index contributed by atoms with van der Waals surface area (Å²) in [5.74, 6) is -2.27. The second-order valence-electron chi connectivity index (χ2n) is 23.1. The maximum absolute atomic E-state index is 13.0. The van der Waals surface area contributed by atoms with Crippen molar-refractivity contribution in [1.82, 2.24) is 0 Å². The smallest absolute Gasteiger partial charge is 0.462 e. The topological polar surface area (TPSA) is 237 Å². The molecule has 0 saturated heterocycles. The van der Waals surface area contributed by atoms with Gasteiger partial charge in [-0.25, -0.2) is 9.13 Å².